The summed E-state index contributed by atoms with van der Waals surface area (Å²) in [6.07, 6.45) is 3.86. The van der Waals surface area contributed by atoms with Crippen LogP contribution in [-0.2, 0) is 0 Å². The minimum atomic E-state index is 0.861. The lowest BCUT2D eigenvalue weighted by atomic mass is 9.53. The highest BCUT2D eigenvalue weighted by Crippen LogP contribution is 1.89. The van der Waals surface area contributed by atoms with Gasteiger partial charge in [0.25, 0.3) is 0 Å². The summed E-state index contributed by atoms with van der Waals surface area (Å²) in [6, 6.07) is 0. The third-order valence-electron chi connectivity index (χ3n) is 1.06. The summed E-state index contributed by atoms with van der Waals surface area (Å²) in [4.78, 5) is 0. The Morgan fingerprint density at radius 2 is 2.14 bits per heavy atom. The van der Waals surface area contributed by atoms with Gasteiger partial charge in [0.1, 0.15) is 0 Å². The van der Waals surface area contributed by atoms with Crippen molar-refractivity contribution in [3.63, 3.8) is 0 Å². The van der Waals surface area contributed by atoms with Crippen LogP contribution in [0.25, 0.3) is 0 Å². The monoisotopic (exact) mass is 97.1 g/mol. The molecule has 2 N–H and O–H groups in total. The summed E-state index contributed by atoms with van der Waals surface area (Å²) in [5.74, 6) is 0. The molecule has 3 heteroatoms. The predicted molar refractivity (Wildman–Crippen MR) is 38.8 cm³/mol. The van der Waals surface area contributed by atoms with Gasteiger partial charge in [0.05, 0.1) is 14.9 Å². The van der Waals surface area contributed by atoms with E-state index in [9.17, 15) is 0 Å². The van der Waals surface area contributed by atoms with Gasteiger partial charge in [-0.2, -0.15) is 0 Å². The van der Waals surface area contributed by atoms with E-state index in [1.165, 1.54) is 26.3 Å². The SMILES string of the molecule is BBCCCCN. The molecule has 0 aliphatic rings. The van der Waals surface area contributed by atoms with Crippen molar-refractivity contribution in [1.29, 1.82) is 0 Å². The van der Waals surface area contributed by atoms with Crippen LogP contribution < -0.4 is 5.73 Å². The molecule has 0 radical (unpaired) electrons. The van der Waals surface area contributed by atoms with Gasteiger partial charge in [-0.3, -0.25) is 0 Å². The first-order chi connectivity index (χ1) is 3.41. The van der Waals surface area contributed by atoms with Crippen molar-refractivity contribution in [3.05, 3.63) is 0 Å². The zero-order chi connectivity index (χ0) is 5.54. The van der Waals surface area contributed by atoms with E-state index in [1.54, 1.807) is 0 Å². The number of nitrogens with two attached hydrogens (primary N) is 1. The average Bonchev–Trinajstić information content (AvgIpc) is 1.69. The molecule has 0 bridgehead atoms. The van der Waals surface area contributed by atoms with Gasteiger partial charge in [-0.15, -0.1) is 0 Å². The summed E-state index contributed by atoms with van der Waals surface area (Å²) in [5, 5.41) is 0. The Balaban J connectivity index is 2.45. The summed E-state index contributed by atoms with van der Waals surface area (Å²) in [5.41, 5.74) is 5.27. The molecule has 0 spiro atoms. The van der Waals surface area contributed by atoms with E-state index in [1.807, 2.05) is 0 Å². The minimum absolute atomic E-state index is 0.861. The van der Waals surface area contributed by atoms with Crippen LogP contribution in [0.2, 0.25) is 6.32 Å². The molecule has 1 nitrogen and oxygen atoms in total. The zero-order valence-electron chi connectivity index (χ0n) is 5.11. The van der Waals surface area contributed by atoms with E-state index in [0.29, 0.717) is 0 Å². The molecule has 0 amide bonds. The molecule has 7 heavy (non-hydrogen) atoms. The second-order valence-electron chi connectivity index (χ2n) is 1.85. The van der Waals surface area contributed by atoms with E-state index >= 15 is 0 Å². The first-order valence-corrected chi connectivity index (χ1v) is 3.12. The molecular formula is C4H13B2N. The fraction of sp³-hybridized carbons (Fsp3) is 1.00. The summed E-state index contributed by atoms with van der Waals surface area (Å²) >= 11 is 0. The highest BCUT2D eigenvalue weighted by Gasteiger charge is 1.81. The molecule has 0 unspecified atom stereocenters. The molecule has 0 rings (SSSR count). The summed E-state index contributed by atoms with van der Waals surface area (Å²) < 4.78 is 0. The lowest BCUT2D eigenvalue weighted by Gasteiger charge is -1.89. The summed E-state index contributed by atoms with van der Waals surface area (Å²) in [6.45, 7) is 0.861. The molecule has 40 valence electrons. The van der Waals surface area contributed by atoms with Crippen LogP contribution in [0.3, 0.4) is 0 Å². The van der Waals surface area contributed by atoms with Gasteiger partial charge in [-0.05, 0) is 13.0 Å². The molecule has 0 saturated carbocycles. The topological polar surface area (TPSA) is 26.0 Å². The molecular weight excluding hydrogens is 83.7 g/mol. The van der Waals surface area contributed by atoms with Crippen molar-refractivity contribution in [2.75, 3.05) is 6.54 Å². The van der Waals surface area contributed by atoms with Gasteiger partial charge in [-0.25, -0.2) is 0 Å². The van der Waals surface area contributed by atoms with Crippen molar-refractivity contribution >= 4 is 14.9 Å². The second-order valence-corrected chi connectivity index (χ2v) is 1.85. The Morgan fingerprint density at radius 1 is 1.43 bits per heavy atom. The third-order valence-corrected chi connectivity index (χ3v) is 1.06. The lowest BCUT2D eigenvalue weighted by molar-refractivity contribution is 0.805. The van der Waals surface area contributed by atoms with E-state index in [0.717, 1.165) is 6.54 Å². The Hall–Kier alpha value is 0.0899. The Morgan fingerprint density at radius 3 is 2.57 bits per heavy atom. The molecule has 0 saturated heterocycles. The third kappa shape index (κ3) is 6.09. The Bertz CT molecular complexity index is 28.9. The van der Waals surface area contributed by atoms with Gasteiger partial charge in [-0.1, -0.05) is 12.7 Å². The zero-order valence-corrected chi connectivity index (χ0v) is 5.11. The smallest absolute Gasteiger partial charge is 0.0821 e. The van der Waals surface area contributed by atoms with Crippen LogP contribution in [0, 0.1) is 0 Å². The first-order valence-electron chi connectivity index (χ1n) is 3.12. The van der Waals surface area contributed by atoms with E-state index < -0.39 is 0 Å². The van der Waals surface area contributed by atoms with Crippen molar-refractivity contribution in [1.82, 2.24) is 0 Å². The van der Waals surface area contributed by atoms with E-state index in [4.69, 9.17) is 5.73 Å². The van der Waals surface area contributed by atoms with Crippen LogP contribution in [0.15, 0.2) is 0 Å². The van der Waals surface area contributed by atoms with Crippen LogP contribution in [0.5, 0.6) is 0 Å². The van der Waals surface area contributed by atoms with Gasteiger partial charge in [0.15, 0.2) is 0 Å². The molecule has 0 aromatic heterocycles. The van der Waals surface area contributed by atoms with Crippen LogP contribution in [0.4, 0.5) is 0 Å². The molecule has 0 aliphatic heterocycles. The normalized spacial score (nSPS) is 8.71. The minimum Gasteiger partial charge on any atom is -0.330 e. The average molecular weight is 96.8 g/mol. The highest BCUT2D eigenvalue weighted by molar-refractivity contribution is 6.89. The quantitative estimate of drug-likeness (QED) is 0.358. The van der Waals surface area contributed by atoms with Crippen LogP contribution in [0.1, 0.15) is 12.8 Å². The maximum atomic E-state index is 5.27. The maximum absolute atomic E-state index is 5.27. The van der Waals surface area contributed by atoms with Crippen LogP contribution >= 0.6 is 0 Å². The molecule has 0 aromatic rings. The van der Waals surface area contributed by atoms with Gasteiger partial charge >= 0.3 is 0 Å². The van der Waals surface area contributed by atoms with Crippen molar-refractivity contribution in [3.8, 4) is 0 Å². The molecule has 0 heterocycles. The highest BCUT2D eigenvalue weighted by atomic mass is 14.5. The fourth-order valence-corrected chi connectivity index (χ4v) is 0.571. The molecule has 0 aliphatic carbocycles. The lowest BCUT2D eigenvalue weighted by Crippen LogP contribution is -1.98. The van der Waals surface area contributed by atoms with Gasteiger partial charge in [0, 0.05) is 0 Å². The van der Waals surface area contributed by atoms with E-state index in [2.05, 4.69) is 7.74 Å². The standard InChI is InChI=1S/C4H13B2N/c5-6-3-1-2-4-7/h6H,1-5,7H2. The number of rotatable bonds is 4. The van der Waals surface area contributed by atoms with Gasteiger partial charge < -0.3 is 5.73 Å². The number of hydrogen-bond donors (Lipinski definition) is 1. The fourth-order valence-electron chi connectivity index (χ4n) is 0.571. The Labute approximate surface area is 47.3 Å². The number of hydrogen-bond acceptors (Lipinski definition) is 1. The van der Waals surface area contributed by atoms with Crippen molar-refractivity contribution < 1.29 is 0 Å². The Kier molecular flexibility index (Phi) is 6.17. The number of unbranched alkanes of at least 4 members (excludes halogenated alkanes) is 1. The molecule has 0 fully saturated rings. The second kappa shape index (κ2) is 6.09. The van der Waals surface area contributed by atoms with Crippen molar-refractivity contribution in [2.45, 2.75) is 19.2 Å². The van der Waals surface area contributed by atoms with Crippen LogP contribution in [-0.4, -0.2) is 21.5 Å². The van der Waals surface area contributed by atoms with Crippen molar-refractivity contribution in [2.24, 2.45) is 5.73 Å². The first kappa shape index (κ1) is 7.09. The van der Waals surface area contributed by atoms with Gasteiger partial charge in [0.2, 0.25) is 0 Å². The summed E-state index contributed by atoms with van der Waals surface area (Å²) in [7, 11) is 3.51. The predicted octanol–water partition coefficient (Wildman–Crippen LogP) is -0.872. The largest absolute Gasteiger partial charge is 0.330 e. The molecule has 0 aromatic carbocycles. The van der Waals surface area contributed by atoms with E-state index in [-0.39, 0.29) is 0 Å². The molecule has 0 atom stereocenters. The maximum Gasteiger partial charge on any atom is 0.0821 e.